The molecule has 0 nitrogen and oxygen atoms in total. The van der Waals surface area contributed by atoms with Crippen molar-refractivity contribution in [2.75, 3.05) is 0 Å². The molecule has 0 N–H and O–H groups in total. The van der Waals surface area contributed by atoms with Crippen molar-refractivity contribution >= 4 is 11.6 Å². The number of hydrogen-bond donors (Lipinski definition) is 0. The molecule has 1 aliphatic rings. The van der Waals surface area contributed by atoms with E-state index in [-0.39, 0.29) is 4.87 Å². The molecule has 1 heteroatoms. The molecule has 0 saturated heterocycles. The van der Waals surface area contributed by atoms with Gasteiger partial charge in [-0.15, -0.1) is 11.6 Å². The molecule has 2 unspecified atom stereocenters. The number of benzene rings is 1. The van der Waals surface area contributed by atoms with Crippen molar-refractivity contribution in [2.45, 2.75) is 31.1 Å². The molecule has 2 rings (SSSR count). The van der Waals surface area contributed by atoms with Crippen LogP contribution in [0.2, 0.25) is 0 Å². The third kappa shape index (κ3) is 2.49. The van der Waals surface area contributed by atoms with E-state index in [4.69, 9.17) is 11.6 Å². The first-order valence-corrected chi connectivity index (χ1v) is 5.89. The van der Waals surface area contributed by atoms with E-state index in [0.717, 1.165) is 6.42 Å². The van der Waals surface area contributed by atoms with Gasteiger partial charge in [-0.25, -0.2) is 0 Å². The van der Waals surface area contributed by atoms with Crippen LogP contribution in [0.4, 0.5) is 0 Å². The van der Waals surface area contributed by atoms with Gasteiger partial charge in [-0.1, -0.05) is 47.7 Å². The van der Waals surface area contributed by atoms with E-state index >= 15 is 0 Å². The van der Waals surface area contributed by atoms with E-state index in [9.17, 15) is 0 Å². The Kier molecular flexibility index (Phi) is 3.08. The zero-order chi connectivity index (χ0) is 11.6. The predicted octanol–water partition coefficient (Wildman–Crippen LogP) is 4.12. The fraction of sp³-hybridized carbons (Fsp3) is 0.333. The number of hydrogen-bond acceptors (Lipinski definition) is 0. The second-order valence-corrected chi connectivity index (χ2v) is 5.20. The summed E-state index contributed by atoms with van der Waals surface area (Å²) in [5, 5.41) is 0. The van der Waals surface area contributed by atoms with Crippen LogP contribution in [0.15, 0.2) is 42.0 Å². The van der Waals surface area contributed by atoms with Crippen LogP contribution < -0.4 is 0 Å². The Bertz CT molecular complexity index is 457. The first-order chi connectivity index (χ1) is 7.62. The molecule has 0 amide bonds. The lowest BCUT2D eigenvalue weighted by Gasteiger charge is -2.00. The van der Waals surface area contributed by atoms with Gasteiger partial charge in [0.2, 0.25) is 0 Å². The topological polar surface area (TPSA) is 0 Å². The minimum absolute atomic E-state index is 0.326. The molecule has 1 saturated carbocycles. The van der Waals surface area contributed by atoms with Crippen LogP contribution in [0.5, 0.6) is 0 Å². The maximum atomic E-state index is 6.43. The highest BCUT2D eigenvalue weighted by Gasteiger charge is 2.52. The molecule has 0 aromatic heterocycles. The second-order valence-electron chi connectivity index (χ2n) is 4.52. The van der Waals surface area contributed by atoms with Crippen LogP contribution in [0.1, 0.15) is 31.7 Å². The van der Waals surface area contributed by atoms with Gasteiger partial charge in [0.15, 0.2) is 0 Å². The summed E-state index contributed by atoms with van der Waals surface area (Å²) in [4.78, 5) is -0.326. The number of allylic oxidation sites excluding steroid dienone is 2. The van der Waals surface area contributed by atoms with Gasteiger partial charge in [0, 0.05) is 5.92 Å². The third-order valence-electron chi connectivity index (χ3n) is 2.74. The summed E-state index contributed by atoms with van der Waals surface area (Å²) in [6.07, 6.45) is 2.88. The molecule has 0 heterocycles. The minimum atomic E-state index is -0.326. The SMILES string of the molecule is CC(C)=CC#CC1(Cl)CC1c1ccccc1. The molecule has 2 atom stereocenters. The molecule has 0 bridgehead atoms. The van der Waals surface area contributed by atoms with Gasteiger partial charge in [-0.05, 0) is 31.9 Å². The number of alkyl halides is 1. The van der Waals surface area contributed by atoms with Crippen LogP contribution in [0.3, 0.4) is 0 Å². The van der Waals surface area contributed by atoms with Gasteiger partial charge in [0.05, 0.1) is 0 Å². The first-order valence-electron chi connectivity index (χ1n) is 5.52. The Hall–Kier alpha value is -1.19. The number of rotatable bonds is 1. The molecule has 1 fully saturated rings. The summed E-state index contributed by atoms with van der Waals surface area (Å²) >= 11 is 6.43. The highest BCUT2D eigenvalue weighted by atomic mass is 35.5. The second kappa shape index (κ2) is 4.36. The van der Waals surface area contributed by atoms with Crippen LogP contribution in [0.25, 0.3) is 0 Å². The minimum Gasteiger partial charge on any atom is -0.104 e. The summed E-state index contributed by atoms with van der Waals surface area (Å²) in [7, 11) is 0. The average molecular weight is 231 g/mol. The lowest BCUT2D eigenvalue weighted by Crippen LogP contribution is -1.96. The van der Waals surface area contributed by atoms with Gasteiger partial charge in [-0.3, -0.25) is 0 Å². The molecule has 16 heavy (non-hydrogen) atoms. The quantitative estimate of drug-likeness (QED) is 0.503. The fourth-order valence-electron chi connectivity index (χ4n) is 1.74. The summed E-state index contributed by atoms with van der Waals surface area (Å²) in [6.45, 7) is 4.08. The highest BCUT2D eigenvalue weighted by Crippen LogP contribution is 2.56. The van der Waals surface area contributed by atoms with Crippen molar-refractivity contribution in [1.82, 2.24) is 0 Å². The number of halogens is 1. The normalized spacial score (nSPS) is 26.6. The lowest BCUT2D eigenvalue weighted by atomic mass is 10.1. The molecule has 0 radical (unpaired) electrons. The molecule has 0 aliphatic heterocycles. The van der Waals surface area contributed by atoms with Gasteiger partial charge in [-0.2, -0.15) is 0 Å². The monoisotopic (exact) mass is 230 g/mol. The zero-order valence-electron chi connectivity index (χ0n) is 9.63. The van der Waals surface area contributed by atoms with Gasteiger partial charge in [0.1, 0.15) is 4.87 Å². The average Bonchev–Trinajstić information content (AvgIpc) is 2.92. The van der Waals surface area contributed by atoms with Crippen molar-refractivity contribution in [2.24, 2.45) is 0 Å². The van der Waals surface area contributed by atoms with Gasteiger partial charge >= 0.3 is 0 Å². The van der Waals surface area contributed by atoms with E-state index in [1.165, 1.54) is 11.1 Å². The summed E-state index contributed by atoms with van der Waals surface area (Å²) in [5.74, 6) is 6.59. The molecular weight excluding hydrogens is 216 g/mol. The van der Waals surface area contributed by atoms with Gasteiger partial charge in [0.25, 0.3) is 0 Å². The maximum absolute atomic E-state index is 6.43. The highest BCUT2D eigenvalue weighted by molar-refractivity contribution is 6.29. The van der Waals surface area contributed by atoms with E-state index < -0.39 is 0 Å². The molecular formula is C15H15Cl. The van der Waals surface area contributed by atoms with E-state index in [0.29, 0.717) is 5.92 Å². The zero-order valence-corrected chi connectivity index (χ0v) is 10.4. The summed E-state index contributed by atoms with van der Waals surface area (Å²) in [5.41, 5.74) is 2.51. The standard InChI is InChI=1S/C15H15Cl/c1-12(2)7-6-10-15(16)11-14(15)13-8-4-3-5-9-13/h3-5,7-9,14H,11H2,1-2H3. The predicted molar refractivity (Wildman–Crippen MR) is 69.6 cm³/mol. The fourth-order valence-corrected chi connectivity index (χ4v) is 2.08. The largest absolute Gasteiger partial charge is 0.113 e. The van der Waals surface area contributed by atoms with Crippen LogP contribution in [-0.2, 0) is 0 Å². The molecule has 0 spiro atoms. The Morgan fingerprint density at radius 2 is 2.06 bits per heavy atom. The van der Waals surface area contributed by atoms with Crippen LogP contribution in [-0.4, -0.2) is 4.87 Å². The lowest BCUT2D eigenvalue weighted by molar-refractivity contribution is 1.07. The molecule has 82 valence electrons. The Balaban J connectivity index is 2.09. The third-order valence-corrected chi connectivity index (χ3v) is 3.25. The van der Waals surface area contributed by atoms with Crippen LogP contribution >= 0.6 is 11.6 Å². The van der Waals surface area contributed by atoms with Gasteiger partial charge < -0.3 is 0 Å². The van der Waals surface area contributed by atoms with Crippen molar-refractivity contribution in [3.8, 4) is 11.8 Å². The van der Waals surface area contributed by atoms with E-state index in [2.05, 4.69) is 36.1 Å². The summed E-state index contributed by atoms with van der Waals surface area (Å²) in [6, 6.07) is 10.4. The smallest absolute Gasteiger partial charge is 0.104 e. The maximum Gasteiger partial charge on any atom is 0.113 e. The Labute approximate surface area is 102 Å². The van der Waals surface area contributed by atoms with E-state index in [1.54, 1.807) is 0 Å². The van der Waals surface area contributed by atoms with Crippen molar-refractivity contribution in [1.29, 1.82) is 0 Å². The van der Waals surface area contributed by atoms with E-state index in [1.807, 2.05) is 26.0 Å². The molecule has 1 aromatic rings. The first kappa shape index (κ1) is 11.3. The molecule has 1 aromatic carbocycles. The van der Waals surface area contributed by atoms with Crippen molar-refractivity contribution in [3.05, 3.63) is 47.5 Å². The summed E-state index contributed by atoms with van der Waals surface area (Å²) < 4.78 is 0. The Morgan fingerprint density at radius 3 is 2.69 bits per heavy atom. The Morgan fingerprint density at radius 1 is 1.38 bits per heavy atom. The van der Waals surface area contributed by atoms with Crippen molar-refractivity contribution < 1.29 is 0 Å². The molecule has 1 aliphatic carbocycles. The van der Waals surface area contributed by atoms with Crippen LogP contribution in [0, 0.1) is 11.8 Å². The van der Waals surface area contributed by atoms with Crippen molar-refractivity contribution in [3.63, 3.8) is 0 Å².